The van der Waals surface area contributed by atoms with Crippen LogP contribution in [-0.2, 0) is 4.79 Å². The third-order valence-corrected chi connectivity index (χ3v) is 0.158. The minimum atomic E-state index is -0.833. The summed E-state index contributed by atoms with van der Waals surface area (Å²) in [7, 11) is 1.00. The maximum atomic E-state index is 9.00. The molecule has 0 aromatic heterocycles. The molecule has 0 rings (SSSR count). The molecule has 0 heterocycles. The van der Waals surface area contributed by atoms with Gasteiger partial charge < -0.3 is 15.4 Å². The molecule has 0 aromatic carbocycles. The predicted molar refractivity (Wildman–Crippen MR) is 36.9 cm³/mol. The van der Waals surface area contributed by atoms with Crippen LogP contribution < -0.4 is 5.48 Å². The molecule has 64 valence electrons. The van der Waals surface area contributed by atoms with Gasteiger partial charge in [-0.15, -0.1) is 0 Å². The van der Waals surface area contributed by atoms with Crippen LogP contribution >= 0.6 is 0 Å². The van der Waals surface area contributed by atoms with E-state index in [-0.39, 0.29) is 0 Å². The Balaban J connectivity index is -0.0000000787. The fraction of sp³-hybridized carbons (Fsp3) is 0.800. The first-order valence-corrected chi connectivity index (χ1v) is 2.66. The van der Waals surface area contributed by atoms with Crippen LogP contribution in [0, 0.1) is 0 Å². The van der Waals surface area contributed by atoms with Gasteiger partial charge in [0, 0.05) is 20.6 Å². The van der Waals surface area contributed by atoms with Crippen molar-refractivity contribution in [2.24, 2.45) is 0 Å². The molecule has 0 amide bonds. The van der Waals surface area contributed by atoms with E-state index in [2.05, 4.69) is 0 Å². The van der Waals surface area contributed by atoms with Crippen molar-refractivity contribution in [3.8, 4) is 0 Å². The molecule has 0 aromatic rings. The number of carboxylic acid groups (broad SMARTS) is 1. The van der Waals surface area contributed by atoms with E-state index in [9.17, 15) is 0 Å². The monoisotopic (exact) mass is 153 g/mol. The van der Waals surface area contributed by atoms with Crippen LogP contribution in [-0.4, -0.2) is 35.0 Å². The quantitative estimate of drug-likeness (QED) is 0.388. The smallest absolute Gasteiger partial charge is 0.300 e. The van der Waals surface area contributed by atoms with Crippen LogP contribution in [0.4, 0.5) is 0 Å². The normalized spacial score (nSPS) is 6.10. The zero-order valence-corrected chi connectivity index (χ0v) is 6.46. The summed E-state index contributed by atoms with van der Waals surface area (Å²) in [6.07, 6.45) is 0. The lowest BCUT2D eigenvalue weighted by atomic mass is 10.8. The second kappa shape index (κ2) is 23.8. The summed E-state index contributed by atoms with van der Waals surface area (Å²) in [6.45, 7) is 3.53. The number of rotatable bonds is 1. The maximum Gasteiger partial charge on any atom is 0.300 e. The Morgan fingerprint density at radius 2 is 1.60 bits per heavy atom. The Kier molecular flexibility index (Phi) is 38.5. The molecular weight excluding hydrogens is 138 g/mol. The van der Waals surface area contributed by atoms with E-state index < -0.39 is 5.97 Å². The Morgan fingerprint density at radius 3 is 1.60 bits per heavy atom. The molecule has 0 aliphatic heterocycles. The van der Waals surface area contributed by atoms with Gasteiger partial charge in [0.1, 0.15) is 0 Å². The summed E-state index contributed by atoms with van der Waals surface area (Å²) in [5, 5.41) is 22.0. The first-order valence-electron chi connectivity index (χ1n) is 2.66. The Bertz CT molecular complexity index is 51.6. The fourth-order valence-corrected chi connectivity index (χ4v) is 0. The average Bonchev–Trinajstić information content (AvgIpc) is 1.91. The van der Waals surface area contributed by atoms with Gasteiger partial charge in [-0.3, -0.25) is 4.79 Å². The number of carboxylic acids is 1. The summed E-state index contributed by atoms with van der Waals surface area (Å²) in [4.78, 5) is 9.00. The standard InChI is InChI=1S/C2H7NO.C2H4O2.CH4O/c1-2-3-4;1-2(3)4;1-2/h3-4H,2H2,1H3;1H3,(H,3,4);2H,1H3. The van der Waals surface area contributed by atoms with Crippen molar-refractivity contribution in [3.05, 3.63) is 0 Å². The van der Waals surface area contributed by atoms with Gasteiger partial charge in [-0.25, -0.2) is 5.48 Å². The average molecular weight is 153 g/mol. The molecule has 0 spiro atoms. The molecule has 0 saturated carbocycles. The van der Waals surface area contributed by atoms with Gasteiger partial charge in [0.25, 0.3) is 5.97 Å². The van der Waals surface area contributed by atoms with Crippen LogP contribution in [0.1, 0.15) is 13.8 Å². The van der Waals surface area contributed by atoms with Crippen LogP contribution in [0.3, 0.4) is 0 Å². The zero-order chi connectivity index (χ0) is 8.99. The van der Waals surface area contributed by atoms with Gasteiger partial charge in [0.15, 0.2) is 0 Å². The predicted octanol–water partition coefficient (Wildman–Crippen LogP) is -0.316. The van der Waals surface area contributed by atoms with E-state index >= 15 is 0 Å². The molecule has 0 fully saturated rings. The van der Waals surface area contributed by atoms with Crippen molar-refractivity contribution in [2.75, 3.05) is 13.7 Å². The van der Waals surface area contributed by atoms with Crippen molar-refractivity contribution < 1.29 is 20.2 Å². The Labute approximate surface area is 60.3 Å². The zero-order valence-electron chi connectivity index (χ0n) is 6.46. The van der Waals surface area contributed by atoms with Crippen molar-refractivity contribution >= 4 is 5.97 Å². The highest BCUT2D eigenvalue weighted by Gasteiger charge is 1.65. The molecule has 0 unspecified atom stereocenters. The number of nitrogens with one attached hydrogen (secondary N) is 1. The van der Waals surface area contributed by atoms with E-state index in [1.54, 1.807) is 0 Å². The summed E-state index contributed by atoms with van der Waals surface area (Å²) >= 11 is 0. The first-order chi connectivity index (χ1) is 4.65. The highest BCUT2D eigenvalue weighted by Crippen LogP contribution is 1.42. The summed E-state index contributed by atoms with van der Waals surface area (Å²) < 4.78 is 0. The molecule has 0 aliphatic carbocycles. The summed E-state index contributed by atoms with van der Waals surface area (Å²) in [5.74, 6) is -0.833. The van der Waals surface area contributed by atoms with E-state index in [1.165, 1.54) is 0 Å². The van der Waals surface area contributed by atoms with Crippen molar-refractivity contribution in [3.63, 3.8) is 0 Å². The number of aliphatic hydroxyl groups is 1. The highest BCUT2D eigenvalue weighted by atomic mass is 16.5. The molecule has 0 saturated heterocycles. The lowest BCUT2D eigenvalue weighted by Crippen LogP contribution is -2.02. The minimum Gasteiger partial charge on any atom is -0.481 e. The topological polar surface area (TPSA) is 89.8 Å². The summed E-state index contributed by atoms with van der Waals surface area (Å²) in [6, 6.07) is 0. The molecule has 0 bridgehead atoms. The highest BCUT2D eigenvalue weighted by molar-refractivity contribution is 5.62. The number of hydrogen-bond acceptors (Lipinski definition) is 4. The fourth-order valence-electron chi connectivity index (χ4n) is 0. The van der Waals surface area contributed by atoms with Crippen molar-refractivity contribution in [2.45, 2.75) is 13.8 Å². The van der Waals surface area contributed by atoms with Gasteiger partial charge in [-0.2, -0.15) is 0 Å². The number of aliphatic carboxylic acids is 1. The number of carbonyl (C=O) groups is 1. The number of aliphatic hydroxyl groups excluding tert-OH is 1. The van der Waals surface area contributed by atoms with Gasteiger partial charge in [0.2, 0.25) is 0 Å². The van der Waals surface area contributed by atoms with Crippen LogP contribution in [0.2, 0.25) is 0 Å². The molecule has 0 radical (unpaired) electrons. The second-order valence-corrected chi connectivity index (χ2v) is 1.03. The Hall–Kier alpha value is -0.650. The molecule has 5 heteroatoms. The van der Waals surface area contributed by atoms with Gasteiger partial charge >= 0.3 is 0 Å². The van der Waals surface area contributed by atoms with E-state index in [0.717, 1.165) is 14.0 Å². The maximum absolute atomic E-state index is 9.00. The third-order valence-electron chi connectivity index (χ3n) is 0.158. The minimum absolute atomic E-state index is 0.625. The molecule has 5 nitrogen and oxygen atoms in total. The van der Waals surface area contributed by atoms with Gasteiger partial charge in [-0.05, 0) is 0 Å². The molecule has 10 heavy (non-hydrogen) atoms. The number of hydroxylamine groups is 1. The molecule has 0 atom stereocenters. The van der Waals surface area contributed by atoms with Crippen LogP contribution in [0.25, 0.3) is 0 Å². The lowest BCUT2D eigenvalue weighted by molar-refractivity contribution is -0.134. The first kappa shape index (κ1) is 16.2. The van der Waals surface area contributed by atoms with E-state index in [0.29, 0.717) is 6.54 Å². The van der Waals surface area contributed by atoms with Crippen molar-refractivity contribution in [1.82, 2.24) is 5.48 Å². The molecule has 0 aliphatic rings. The molecule has 4 N–H and O–H groups in total. The van der Waals surface area contributed by atoms with E-state index in [1.807, 2.05) is 12.4 Å². The lowest BCUT2D eigenvalue weighted by Gasteiger charge is -1.75. The van der Waals surface area contributed by atoms with Crippen LogP contribution in [0.5, 0.6) is 0 Å². The van der Waals surface area contributed by atoms with E-state index in [4.69, 9.17) is 20.2 Å². The number of hydrogen-bond donors (Lipinski definition) is 4. The largest absolute Gasteiger partial charge is 0.481 e. The summed E-state index contributed by atoms with van der Waals surface area (Å²) in [5.41, 5.74) is 1.93. The second-order valence-electron chi connectivity index (χ2n) is 1.03. The van der Waals surface area contributed by atoms with Gasteiger partial charge in [0.05, 0.1) is 0 Å². The third kappa shape index (κ3) is 2420. The Morgan fingerprint density at radius 1 is 1.50 bits per heavy atom. The van der Waals surface area contributed by atoms with Crippen LogP contribution in [0.15, 0.2) is 0 Å². The van der Waals surface area contributed by atoms with Gasteiger partial charge in [-0.1, -0.05) is 6.92 Å². The van der Waals surface area contributed by atoms with Crippen molar-refractivity contribution in [1.29, 1.82) is 0 Å². The SMILES string of the molecule is CC(=O)O.CCNO.CO. The molecular formula is C5H15NO4.